The van der Waals surface area contributed by atoms with Gasteiger partial charge in [-0.05, 0) is 22.5 Å². The summed E-state index contributed by atoms with van der Waals surface area (Å²) in [5, 5.41) is 20.1. The zero-order chi connectivity index (χ0) is 8.84. The summed E-state index contributed by atoms with van der Waals surface area (Å²) in [4.78, 5) is 0. The molecular weight excluding hydrogens is 170 g/mol. The van der Waals surface area contributed by atoms with Gasteiger partial charge in [-0.25, -0.2) is 9.37 Å². The highest BCUT2D eigenvalue weighted by atomic mass is 16.6. The van der Waals surface area contributed by atoms with Crippen LogP contribution in [0, 0.1) is 5.21 Å². The predicted octanol–water partition coefficient (Wildman–Crippen LogP) is -0.994. The van der Waals surface area contributed by atoms with Crippen molar-refractivity contribution in [1.29, 1.82) is 0 Å². The molecule has 1 aromatic carbocycles. The molecule has 0 atom stereocenters. The summed E-state index contributed by atoms with van der Waals surface area (Å²) in [6.07, 6.45) is 1.83. The molecule has 13 heavy (non-hydrogen) atoms. The Morgan fingerprint density at radius 1 is 1.38 bits per heavy atom. The number of hydrogen-bond donors (Lipinski definition) is 0. The standard InChI is InChI=1S/C8H5N3O2/c12-11-4-3-5-7(11)2-1-6-8(5)10-13-9-6/h1-3H,4H2. The van der Waals surface area contributed by atoms with Gasteiger partial charge in [0.25, 0.3) is 0 Å². The molecule has 0 unspecified atom stereocenters. The molecule has 2 aromatic rings. The van der Waals surface area contributed by atoms with Gasteiger partial charge in [0.2, 0.25) is 5.36 Å². The normalized spacial score (nSPS) is 14.6. The lowest BCUT2D eigenvalue weighted by molar-refractivity contribution is 0.315. The Morgan fingerprint density at radius 3 is 3.23 bits per heavy atom. The molecule has 0 bridgehead atoms. The Bertz CT molecular complexity index is 599. The van der Waals surface area contributed by atoms with E-state index in [-0.39, 0.29) is 0 Å². The number of rotatable bonds is 0. The third-order valence-corrected chi connectivity index (χ3v) is 2.17. The second-order valence-corrected chi connectivity index (χ2v) is 2.90. The van der Waals surface area contributed by atoms with Crippen molar-refractivity contribution in [3.63, 3.8) is 0 Å². The van der Waals surface area contributed by atoms with E-state index in [0.717, 1.165) is 9.96 Å². The molecule has 64 valence electrons. The molecule has 0 spiro atoms. The second kappa shape index (κ2) is 2.07. The van der Waals surface area contributed by atoms with Crippen molar-refractivity contribution in [2.45, 2.75) is 0 Å². The first kappa shape index (κ1) is 6.59. The van der Waals surface area contributed by atoms with E-state index in [1.165, 1.54) is 0 Å². The second-order valence-electron chi connectivity index (χ2n) is 2.90. The van der Waals surface area contributed by atoms with Crippen molar-refractivity contribution in [1.82, 2.24) is 15.1 Å². The number of hydroxylamine groups is 1. The topological polar surface area (TPSA) is 65.0 Å². The van der Waals surface area contributed by atoms with E-state index in [9.17, 15) is 5.21 Å². The van der Waals surface area contributed by atoms with Crippen LogP contribution in [0.15, 0.2) is 16.8 Å². The summed E-state index contributed by atoms with van der Waals surface area (Å²) in [6.45, 7) is 0.376. The Labute approximate surface area is 72.1 Å². The van der Waals surface area contributed by atoms with Crippen LogP contribution < -0.4 is 15.3 Å². The van der Waals surface area contributed by atoms with Crippen LogP contribution in [0.1, 0.15) is 0 Å². The minimum absolute atomic E-state index is 0.376. The highest BCUT2D eigenvalue weighted by molar-refractivity contribution is 5.74. The van der Waals surface area contributed by atoms with Crippen molar-refractivity contribution < 1.29 is 4.63 Å². The Morgan fingerprint density at radius 2 is 2.31 bits per heavy atom. The fraction of sp³-hybridized carbons (Fsp3) is 0.125. The first-order valence-corrected chi connectivity index (χ1v) is 3.89. The number of fused-ring (bicyclic) bond motifs is 3. The lowest BCUT2D eigenvalue weighted by atomic mass is 10.2. The maximum atomic E-state index is 11.2. The number of nitrogens with zero attached hydrogens (tertiary/aromatic N) is 3. The fourth-order valence-electron chi connectivity index (χ4n) is 1.55. The smallest absolute Gasteiger partial charge is 0.220 e. The molecule has 0 fully saturated rings. The molecule has 1 aliphatic heterocycles. The molecule has 5 nitrogen and oxygen atoms in total. The Kier molecular flexibility index (Phi) is 1.05. The summed E-state index contributed by atoms with van der Waals surface area (Å²) in [5.74, 6) is 0. The Hall–Kier alpha value is -1.91. The lowest BCUT2D eigenvalue weighted by Gasteiger charge is -1.93. The molecule has 5 heteroatoms. The third-order valence-electron chi connectivity index (χ3n) is 2.17. The largest absolute Gasteiger partial charge is 0.623 e. The van der Waals surface area contributed by atoms with Crippen molar-refractivity contribution in [3.8, 4) is 0 Å². The van der Waals surface area contributed by atoms with Gasteiger partial charge >= 0.3 is 0 Å². The van der Waals surface area contributed by atoms with Crippen LogP contribution in [0.2, 0.25) is 0 Å². The average molecular weight is 175 g/mol. The zero-order valence-electron chi connectivity index (χ0n) is 6.60. The van der Waals surface area contributed by atoms with Crippen LogP contribution >= 0.6 is 0 Å². The van der Waals surface area contributed by atoms with Crippen molar-refractivity contribution in [2.75, 3.05) is 6.54 Å². The molecule has 0 saturated carbocycles. The van der Waals surface area contributed by atoms with E-state index in [4.69, 9.17) is 0 Å². The maximum absolute atomic E-state index is 11.2. The van der Waals surface area contributed by atoms with E-state index in [1.54, 1.807) is 12.1 Å². The minimum Gasteiger partial charge on any atom is -0.623 e. The molecule has 0 aliphatic carbocycles. The van der Waals surface area contributed by atoms with E-state index < -0.39 is 0 Å². The van der Waals surface area contributed by atoms with Gasteiger partial charge in [-0.1, -0.05) is 0 Å². The molecule has 0 radical (unpaired) electrons. The molecular formula is C8H5N3O2. The summed E-state index contributed by atoms with van der Waals surface area (Å²) in [7, 11) is 0. The first-order valence-electron chi connectivity index (χ1n) is 3.89. The summed E-state index contributed by atoms with van der Waals surface area (Å²) in [5.41, 5.74) is 1.35. The lowest BCUT2D eigenvalue weighted by Crippen LogP contribution is -2.30. The SMILES string of the molecule is [O-][N+]1=c2ccc3nonc3c2=CC1. The zero-order valence-corrected chi connectivity index (χ0v) is 6.60. The summed E-state index contributed by atoms with van der Waals surface area (Å²) in [6, 6.07) is 3.47. The highest BCUT2D eigenvalue weighted by Crippen LogP contribution is 2.00. The van der Waals surface area contributed by atoms with Gasteiger partial charge in [0, 0.05) is 6.07 Å². The van der Waals surface area contributed by atoms with Gasteiger partial charge in [-0.15, -0.1) is 0 Å². The van der Waals surface area contributed by atoms with Gasteiger partial charge in [-0.2, -0.15) is 0 Å². The van der Waals surface area contributed by atoms with Gasteiger partial charge in [0.05, 0.1) is 5.22 Å². The van der Waals surface area contributed by atoms with E-state index >= 15 is 0 Å². The van der Waals surface area contributed by atoms with Gasteiger partial charge < -0.3 is 5.21 Å². The van der Waals surface area contributed by atoms with Crippen molar-refractivity contribution >= 4 is 17.1 Å². The molecule has 2 heterocycles. The summed E-state index contributed by atoms with van der Waals surface area (Å²) < 4.78 is 5.50. The molecule has 0 saturated heterocycles. The van der Waals surface area contributed by atoms with Gasteiger partial charge in [-0.3, -0.25) is 0 Å². The van der Waals surface area contributed by atoms with E-state index in [1.807, 2.05) is 6.08 Å². The highest BCUT2D eigenvalue weighted by Gasteiger charge is 2.11. The van der Waals surface area contributed by atoms with E-state index in [0.29, 0.717) is 22.9 Å². The van der Waals surface area contributed by atoms with Crippen LogP contribution in [0.4, 0.5) is 0 Å². The van der Waals surface area contributed by atoms with Crippen LogP contribution in [-0.2, 0) is 0 Å². The maximum Gasteiger partial charge on any atom is 0.220 e. The van der Waals surface area contributed by atoms with E-state index in [2.05, 4.69) is 14.9 Å². The quantitative estimate of drug-likeness (QED) is 0.380. The average Bonchev–Trinajstić information content (AvgIpc) is 2.70. The predicted molar refractivity (Wildman–Crippen MR) is 45.0 cm³/mol. The first-order chi connectivity index (χ1) is 6.36. The van der Waals surface area contributed by atoms with Crippen molar-refractivity contribution in [2.24, 2.45) is 0 Å². The van der Waals surface area contributed by atoms with Gasteiger partial charge in [0.15, 0.2) is 6.54 Å². The minimum atomic E-state index is 0.376. The number of hydrogen-bond acceptors (Lipinski definition) is 4. The fourth-order valence-corrected chi connectivity index (χ4v) is 1.55. The van der Waals surface area contributed by atoms with Crippen LogP contribution in [-0.4, -0.2) is 16.9 Å². The van der Waals surface area contributed by atoms with Crippen molar-refractivity contribution in [3.05, 3.63) is 27.9 Å². The van der Waals surface area contributed by atoms with Crippen LogP contribution in [0.25, 0.3) is 17.1 Å². The molecule has 0 N–H and O–H groups in total. The van der Waals surface area contributed by atoms with Crippen LogP contribution in [0.5, 0.6) is 0 Å². The molecule has 3 rings (SSSR count). The molecule has 1 aliphatic rings. The third kappa shape index (κ3) is 0.729. The number of benzene rings is 1. The van der Waals surface area contributed by atoms with Crippen LogP contribution in [0.3, 0.4) is 0 Å². The molecule has 1 aromatic heterocycles. The molecule has 0 amide bonds. The number of aromatic nitrogens is 2. The Balaban J connectivity index is 2.69. The monoisotopic (exact) mass is 175 g/mol. The summed E-state index contributed by atoms with van der Waals surface area (Å²) >= 11 is 0. The van der Waals surface area contributed by atoms with Gasteiger partial charge in [0.1, 0.15) is 11.0 Å².